The van der Waals surface area contributed by atoms with E-state index in [1.165, 1.54) is 12.1 Å². The number of anilines is 2. The number of carbonyl (C=O) groups is 1. The molecule has 0 amide bonds. The molecule has 0 aliphatic heterocycles. The number of hydrogen-bond donors (Lipinski definition) is 2. The molecule has 1 aromatic carbocycles. The van der Waals surface area contributed by atoms with Crippen molar-refractivity contribution in [3.8, 4) is 0 Å². The van der Waals surface area contributed by atoms with Gasteiger partial charge in [0.25, 0.3) is 0 Å². The van der Waals surface area contributed by atoms with Gasteiger partial charge in [-0.15, -0.1) is 0 Å². The van der Waals surface area contributed by atoms with Gasteiger partial charge < -0.3 is 16.2 Å². The van der Waals surface area contributed by atoms with Crippen LogP contribution in [0, 0.1) is 5.82 Å². The maximum absolute atomic E-state index is 13.3. The van der Waals surface area contributed by atoms with Gasteiger partial charge in [0.1, 0.15) is 5.82 Å². The predicted octanol–water partition coefficient (Wildman–Crippen LogP) is 1.10. The van der Waals surface area contributed by atoms with Crippen LogP contribution in [0.25, 0.3) is 0 Å². The van der Waals surface area contributed by atoms with Crippen molar-refractivity contribution in [1.82, 2.24) is 0 Å². The molecule has 4 N–H and O–H groups in total. The van der Waals surface area contributed by atoms with Crippen molar-refractivity contribution < 1.29 is 13.9 Å². The predicted molar refractivity (Wildman–Crippen MR) is 55.6 cm³/mol. The molecule has 4 nitrogen and oxygen atoms in total. The second-order valence-corrected chi connectivity index (χ2v) is 3.01. The van der Waals surface area contributed by atoms with Crippen molar-refractivity contribution in [2.75, 3.05) is 18.1 Å². The first-order chi connectivity index (χ1) is 7.06. The molecule has 0 saturated carbocycles. The number of carbonyl (C=O) groups excluding carboxylic acids is 1. The number of benzene rings is 1. The van der Waals surface area contributed by atoms with Crippen molar-refractivity contribution in [2.45, 2.75) is 13.3 Å². The minimum atomic E-state index is -0.547. The highest BCUT2D eigenvalue weighted by atomic mass is 19.1. The SMILES string of the molecule is CCOC(=O)Cc1c(F)ccc(N)c1N. The third-order valence-corrected chi connectivity index (χ3v) is 1.96. The number of rotatable bonds is 3. The lowest BCUT2D eigenvalue weighted by atomic mass is 10.1. The van der Waals surface area contributed by atoms with E-state index in [9.17, 15) is 9.18 Å². The number of nitrogens with two attached hydrogens (primary N) is 2. The third kappa shape index (κ3) is 2.59. The fourth-order valence-corrected chi connectivity index (χ4v) is 1.19. The van der Waals surface area contributed by atoms with Crippen molar-refractivity contribution in [3.63, 3.8) is 0 Å². The molecule has 0 fully saturated rings. The Morgan fingerprint density at radius 2 is 2.13 bits per heavy atom. The van der Waals surface area contributed by atoms with E-state index in [2.05, 4.69) is 0 Å². The van der Waals surface area contributed by atoms with Crippen molar-refractivity contribution in [1.29, 1.82) is 0 Å². The molecule has 0 atom stereocenters. The van der Waals surface area contributed by atoms with E-state index in [0.717, 1.165) is 0 Å². The lowest BCUT2D eigenvalue weighted by molar-refractivity contribution is -0.142. The first-order valence-corrected chi connectivity index (χ1v) is 4.54. The molecule has 0 saturated heterocycles. The lowest BCUT2D eigenvalue weighted by Crippen LogP contribution is -2.11. The highest BCUT2D eigenvalue weighted by Crippen LogP contribution is 2.23. The summed E-state index contributed by atoms with van der Waals surface area (Å²) in [5.74, 6) is -1.07. The highest BCUT2D eigenvalue weighted by molar-refractivity contribution is 5.78. The third-order valence-electron chi connectivity index (χ3n) is 1.96. The molecule has 0 aliphatic rings. The Morgan fingerprint density at radius 1 is 1.47 bits per heavy atom. The van der Waals surface area contributed by atoms with E-state index in [1.54, 1.807) is 6.92 Å². The Kier molecular flexibility index (Phi) is 3.49. The Bertz CT molecular complexity index is 380. The summed E-state index contributed by atoms with van der Waals surface area (Å²) in [6.45, 7) is 1.93. The van der Waals surface area contributed by atoms with Crippen LogP contribution in [-0.4, -0.2) is 12.6 Å². The number of esters is 1. The van der Waals surface area contributed by atoms with Gasteiger partial charge in [-0.25, -0.2) is 4.39 Å². The summed E-state index contributed by atoms with van der Waals surface area (Å²) < 4.78 is 18.0. The van der Waals surface area contributed by atoms with Gasteiger partial charge in [0.15, 0.2) is 0 Å². The standard InChI is InChI=1S/C10H13FN2O2/c1-2-15-9(14)5-6-7(11)3-4-8(12)10(6)13/h3-4H,2,5,12-13H2,1H3. The smallest absolute Gasteiger partial charge is 0.310 e. The molecular formula is C10H13FN2O2. The molecule has 0 bridgehead atoms. The Hall–Kier alpha value is -1.78. The van der Waals surface area contributed by atoms with E-state index in [0.29, 0.717) is 0 Å². The van der Waals surface area contributed by atoms with Crippen molar-refractivity contribution in [3.05, 3.63) is 23.5 Å². The van der Waals surface area contributed by atoms with Crippen LogP contribution < -0.4 is 11.5 Å². The van der Waals surface area contributed by atoms with Crippen LogP contribution in [0.5, 0.6) is 0 Å². The van der Waals surface area contributed by atoms with Gasteiger partial charge >= 0.3 is 5.97 Å². The van der Waals surface area contributed by atoms with Crippen LogP contribution in [0.2, 0.25) is 0 Å². The summed E-state index contributed by atoms with van der Waals surface area (Å²) in [5.41, 5.74) is 11.5. The summed E-state index contributed by atoms with van der Waals surface area (Å²) in [7, 11) is 0. The van der Waals surface area contributed by atoms with Crippen molar-refractivity contribution in [2.24, 2.45) is 0 Å². The van der Waals surface area contributed by atoms with E-state index in [-0.39, 0.29) is 30.0 Å². The molecule has 1 rings (SSSR count). The molecule has 82 valence electrons. The topological polar surface area (TPSA) is 78.3 Å². The quantitative estimate of drug-likeness (QED) is 0.580. The van der Waals surface area contributed by atoms with Crippen LogP contribution in [-0.2, 0) is 16.0 Å². The van der Waals surface area contributed by atoms with Crippen LogP contribution >= 0.6 is 0 Å². The lowest BCUT2D eigenvalue weighted by Gasteiger charge is -2.08. The largest absolute Gasteiger partial charge is 0.466 e. The molecule has 0 unspecified atom stereocenters. The number of hydrogen-bond acceptors (Lipinski definition) is 4. The molecule has 0 aromatic heterocycles. The first-order valence-electron chi connectivity index (χ1n) is 4.54. The van der Waals surface area contributed by atoms with Crippen LogP contribution in [0.3, 0.4) is 0 Å². The fraction of sp³-hybridized carbons (Fsp3) is 0.300. The summed E-state index contributed by atoms with van der Waals surface area (Å²) in [5, 5.41) is 0. The maximum Gasteiger partial charge on any atom is 0.310 e. The van der Waals surface area contributed by atoms with Crippen LogP contribution in [0.1, 0.15) is 12.5 Å². The zero-order valence-corrected chi connectivity index (χ0v) is 8.42. The normalized spacial score (nSPS) is 10.0. The zero-order chi connectivity index (χ0) is 11.4. The first kappa shape index (κ1) is 11.3. The zero-order valence-electron chi connectivity index (χ0n) is 8.42. The van der Waals surface area contributed by atoms with Gasteiger partial charge in [-0.05, 0) is 19.1 Å². The molecule has 0 spiro atoms. The Labute approximate surface area is 87.0 Å². The van der Waals surface area contributed by atoms with Gasteiger partial charge in [0.05, 0.1) is 24.4 Å². The highest BCUT2D eigenvalue weighted by Gasteiger charge is 2.13. The van der Waals surface area contributed by atoms with Crippen molar-refractivity contribution >= 4 is 17.3 Å². The van der Waals surface area contributed by atoms with Gasteiger partial charge in [-0.2, -0.15) is 0 Å². The average molecular weight is 212 g/mol. The average Bonchev–Trinajstić information content (AvgIpc) is 2.19. The van der Waals surface area contributed by atoms with Gasteiger partial charge in [-0.1, -0.05) is 0 Å². The van der Waals surface area contributed by atoms with E-state index < -0.39 is 11.8 Å². The molecule has 0 radical (unpaired) electrons. The Balaban J connectivity index is 2.93. The summed E-state index contributed by atoms with van der Waals surface area (Å²) in [4.78, 5) is 11.1. The second-order valence-electron chi connectivity index (χ2n) is 3.01. The number of nitrogen functional groups attached to an aromatic ring is 2. The maximum atomic E-state index is 13.3. The van der Waals surface area contributed by atoms with E-state index >= 15 is 0 Å². The fourth-order valence-electron chi connectivity index (χ4n) is 1.19. The minimum Gasteiger partial charge on any atom is -0.466 e. The minimum absolute atomic E-state index is 0.0912. The number of halogens is 1. The van der Waals surface area contributed by atoms with Gasteiger partial charge in [0.2, 0.25) is 0 Å². The van der Waals surface area contributed by atoms with Crippen LogP contribution in [0.4, 0.5) is 15.8 Å². The number of ether oxygens (including phenoxy) is 1. The van der Waals surface area contributed by atoms with E-state index in [4.69, 9.17) is 16.2 Å². The second kappa shape index (κ2) is 4.63. The Morgan fingerprint density at radius 3 is 2.73 bits per heavy atom. The molecular weight excluding hydrogens is 199 g/mol. The summed E-state index contributed by atoms with van der Waals surface area (Å²) in [6, 6.07) is 2.54. The molecule has 0 heterocycles. The molecule has 5 heteroatoms. The summed E-state index contributed by atoms with van der Waals surface area (Å²) >= 11 is 0. The summed E-state index contributed by atoms with van der Waals surface area (Å²) in [6.07, 6.45) is -0.198. The van der Waals surface area contributed by atoms with Crippen LogP contribution in [0.15, 0.2) is 12.1 Å². The van der Waals surface area contributed by atoms with Gasteiger partial charge in [-0.3, -0.25) is 4.79 Å². The monoisotopic (exact) mass is 212 g/mol. The molecule has 1 aromatic rings. The van der Waals surface area contributed by atoms with E-state index in [1.807, 2.05) is 0 Å². The van der Waals surface area contributed by atoms with Gasteiger partial charge in [0, 0.05) is 5.56 Å². The molecule has 15 heavy (non-hydrogen) atoms. The molecule has 0 aliphatic carbocycles.